The van der Waals surface area contributed by atoms with Crippen LogP contribution in [0.4, 0.5) is 5.69 Å². The van der Waals surface area contributed by atoms with E-state index in [1.165, 1.54) is 0 Å². The molecule has 1 aromatic carbocycles. The number of rotatable bonds is 0. The van der Waals surface area contributed by atoms with Crippen molar-refractivity contribution in [1.82, 2.24) is 0 Å². The van der Waals surface area contributed by atoms with Gasteiger partial charge >= 0.3 is 0 Å². The van der Waals surface area contributed by atoms with Gasteiger partial charge in [0.2, 0.25) is 0 Å². The molecule has 2 rings (SSSR count). The van der Waals surface area contributed by atoms with E-state index in [1.54, 1.807) is 0 Å². The number of fused-ring (bicyclic) bond motifs is 1. The van der Waals surface area contributed by atoms with Gasteiger partial charge < -0.3 is 10.1 Å². The van der Waals surface area contributed by atoms with Crippen LogP contribution >= 0.6 is 0 Å². The summed E-state index contributed by atoms with van der Waals surface area (Å²) >= 11 is 0. The van der Waals surface area contributed by atoms with Crippen LogP contribution in [-0.2, 0) is 0 Å². The Kier molecular flexibility index (Phi) is 6.79. The third kappa shape index (κ3) is 3.36. The number of anilines is 1. The summed E-state index contributed by atoms with van der Waals surface area (Å²) in [6.07, 6.45) is 0. The SMILES string of the molecule is CC.CC.c1ccc2c(c1)NCO2. The van der Waals surface area contributed by atoms with Crippen molar-refractivity contribution in [3.05, 3.63) is 24.3 Å². The van der Waals surface area contributed by atoms with Crippen molar-refractivity contribution >= 4 is 5.69 Å². The monoisotopic (exact) mass is 181 g/mol. The Balaban J connectivity index is 0.000000322. The summed E-state index contributed by atoms with van der Waals surface area (Å²) in [5.74, 6) is 0.956. The lowest BCUT2D eigenvalue weighted by Gasteiger charge is -1.91. The molecule has 1 heterocycles. The molecule has 0 fully saturated rings. The highest BCUT2D eigenvalue weighted by atomic mass is 16.5. The van der Waals surface area contributed by atoms with E-state index in [0.717, 1.165) is 11.4 Å². The van der Waals surface area contributed by atoms with E-state index in [4.69, 9.17) is 4.74 Å². The molecule has 0 saturated heterocycles. The minimum atomic E-state index is 0.610. The zero-order chi connectivity index (χ0) is 10.1. The first-order valence-electron chi connectivity index (χ1n) is 4.92. The molecule has 2 heteroatoms. The van der Waals surface area contributed by atoms with Gasteiger partial charge in [-0.2, -0.15) is 0 Å². The highest BCUT2D eigenvalue weighted by molar-refractivity contribution is 5.58. The fourth-order valence-electron chi connectivity index (χ4n) is 0.930. The van der Waals surface area contributed by atoms with Gasteiger partial charge in [0.25, 0.3) is 0 Å². The van der Waals surface area contributed by atoms with E-state index < -0.39 is 0 Å². The third-order valence-corrected chi connectivity index (χ3v) is 1.38. The van der Waals surface area contributed by atoms with Gasteiger partial charge in [-0.3, -0.25) is 0 Å². The minimum Gasteiger partial charge on any atom is -0.471 e. The maximum Gasteiger partial charge on any atom is 0.159 e. The first-order valence-corrected chi connectivity index (χ1v) is 4.92. The van der Waals surface area contributed by atoms with Crippen molar-refractivity contribution in [2.45, 2.75) is 27.7 Å². The second kappa shape index (κ2) is 7.47. The van der Waals surface area contributed by atoms with Crippen molar-refractivity contribution in [3.8, 4) is 5.75 Å². The van der Waals surface area contributed by atoms with E-state index in [1.807, 2.05) is 52.0 Å². The summed E-state index contributed by atoms with van der Waals surface area (Å²) in [5.41, 5.74) is 1.09. The summed E-state index contributed by atoms with van der Waals surface area (Å²) < 4.78 is 5.19. The standard InChI is InChI=1S/C7H7NO.2C2H6/c1-2-4-7-6(3-1)8-5-9-7;2*1-2/h1-4,8H,5H2;2*1-2H3. The van der Waals surface area contributed by atoms with Crippen LogP contribution in [0.5, 0.6) is 5.75 Å². The molecule has 0 aliphatic carbocycles. The molecule has 0 bridgehead atoms. The number of hydrogen-bond donors (Lipinski definition) is 1. The Labute approximate surface area is 80.9 Å². The molecule has 1 N–H and O–H groups in total. The summed E-state index contributed by atoms with van der Waals surface area (Å²) in [7, 11) is 0. The summed E-state index contributed by atoms with van der Waals surface area (Å²) in [5, 5.41) is 3.08. The second-order valence-corrected chi connectivity index (χ2v) is 1.96. The molecule has 1 aliphatic rings. The van der Waals surface area contributed by atoms with Gasteiger partial charge in [-0.15, -0.1) is 0 Å². The van der Waals surface area contributed by atoms with Crippen LogP contribution in [0.15, 0.2) is 24.3 Å². The predicted molar refractivity (Wildman–Crippen MR) is 58.3 cm³/mol. The average Bonchev–Trinajstić information content (AvgIpc) is 2.71. The predicted octanol–water partition coefficient (Wildman–Crippen LogP) is 3.50. The third-order valence-electron chi connectivity index (χ3n) is 1.38. The van der Waals surface area contributed by atoms with Crippen molar-refractivity contribution in [1.29, 1.82) is 0 Å². The molecule has 0 spiro atoms. The quantitative estimate of drug-likeness (QED) is 0.661. The van der Waals surface area contributed by atoms with Crippen LogP contribution < -0.4 is 10.1 Å². The van der Waals surface area contributed by atoms with Crippen LogP contribution in [0.1, 0.15) is 27.7 Å². The lowest BCUT2D eigenvalue weighted by atomic mass is 10.3. The van der Waals surface area contributed by atoms with Crippen LogP contribution in [0.2, 0.25) is 0 Å². The summed E-state index contributed by atoms with van der Waals surface area (Å²) in [4.78, 5) is 0. The van der Waals surface area contributed by atoms with Gasteiger partial charge in [0.05, 0.1) is 5.69 Å². The van der Waals surface area contributed by atoms with Gasteiger partial charge in [0, 0.05) is 0 Å². The topological polar surface area (TPSA) is 21.3 Å². The Morgan fingerprint density at radius 3 is 2.31 bits per heavy atom. The summed E-state index contributed by atoms with van der Waals surface area (Å²) in [6.45, 7) is 8.61. The number of para-hydroxylation sites is 2. The minimum absolute atomic E-state index is 0.610. The number of benzene rings is 1. The van der Waals surface area contributed by atoms with E-state index in [-0.39, 0.29) is 0 Å². The molecule has 13 heavy (non-hydrogen) atoms. The van der Waals surface area contributed by atoms with Crippen LogP contribution in [-0.4, -0.2) is 6.73 Å². The lowest BCUT2D eigenvalue weighted by molar-refractivity contribution is 0.372. The zero-order valence-corrected chi connectivity index (χ0v) is 8.92. The van der Waals surface area contributed by atoms with E-state index in [9.17, 15) is 0 Å². The van der Waals surface area contributed by atoms with Crippen molar-refractivity contribution < 1.29 is 4.74 Å². The maximum atomic E-state index is 5.19. The number of hydrogen-bond acceptors (Lipinski definition) is 2. The van der Waals surface area contributed by atoms with Crippen LogP contribution in [0, 0.1) is 0 Å². The fourth-order valence-corrected chi connectivity index (χ4v) is 0.930. The molecular formula is C11H19NO. The highest BCUT2D eigenvalue weighted by Gasteiger charge is 2.06. The van der Waals surface area contributed by atoms with Crippen molar-refractivity contribution in [2.75, 3.05) is 12.0 Å². The molecule has 0 radical (unpaired) electrons. The molecule has 2 nitrogen and oxygen atoms in total. The smallest absolute Gasteiger partial charge is 0.159 e. The molecule has 0 saturated carbocycles. The number of ether oxygens (including phenoxy) is 1. The molecule has 0 unspecified atom stereocenters. The Bertz CT molecular complexity index is 200. The average molecular weight is 181 g/mol. The molecule has 1 aliphatic heterocycles. The molecule has 0 amide bonds. The molecule has 1 aromatic rings. The lowest BCUT2D eigenvalue weighted by Crippen LogP contribution is -1.96. The molecule has 0 atom stereocenters. The highest BCUT2D eigenvalue weighted by Crippen LogP contribution is 2.27. The first-order chi connectivity index (χ1) is 6.47. The van der Waals surface area contributed by atoms with Gasteiger partial charge in [0.1, 0.15) is 5.75 Å². The van der Waals surface area contributed by atoms with Gasteiger partial charge in [0.15, 0.2) is 6.73 Å². The van der Waals surface area contributed by atoms with Gasteiger partial charge in [-0.25, -0.2) is 0 Å². The Morgan fingerprint density at radius 1 is 1.08 bits per heavy atom. The zero-order valence-electron chi connectivity index (χ0n) is 8.92. The number of nitrogens with one attached hydrogen (secondary N) is 1. The van der Waals surface area contributed by atoms with E-state index in [2.05, 4.69) is 5.32 Å². The van der Waals surface area contributed by atoms with Crippen molar-refractivity contribution in [3.63, 3.8) is 0 Å². The second-order valence-electron chi connectivity index (χ2n) is 1.96. The van der Waals surface area contributed by atoms with Crippen molar-refractivity contribution in [2.24, 2.45) is 0 Å². The first kappa shape index (κ1) is 11.8. The van der Waals surface area contributed by atoms with Gasteiger partial charge in [-0.1, -0.05) is 39.8 Å². The van der Waals surface area contributed by atoms with Gasteiger partial charge in [-0.05, 0) is 12.1 Å². The molecular weight excluding hydrogens is 162 g/mol. The summed E-state index contributed by atoms with van der Waals surface area (Å²) in [6, 6.07) is 7.91. The fraction of sp³-hybridized carbons (Fsp3) is 0.455. The Morgan fingerprint density at radius 2 is 1.69 bits per heavy atom. The Hall–Kier alpha value is -1.18. The van der Waals surface area contributed by atoms with E-state index in [0.29, 0.717) is 6.73 Å². The normalized spacial score (nSPS) is 10.5. The molecule has 0 aromatic heterocycles. The van der Waals surface area contributed by atoms with E-state index >= 15 is 0 Å². The largest absolute Gasteiger partial charge is 0.471 e. The maximum absolute atomic E-state index is 5.19. The van der Waals surface area contributed by atoms with Crippen LogP contribution in [0.3, 0.4) is 0 Å². The molecule has 74 valence electrons. The van der Waals surface area contributed by atoms with Crippen LogP contribution in [0.25, 0.3) is 0 Å².